The van der Waals surface area contributed by atoms with Crippen molar-refractivity contribution >= 4 is 27.5 Å². The van der Waals surface area contributed by atoms with Crippen LogP contribution in [0.15, 0.2) is 23.7 Å². The highest BCUT2D eigenvalue weighted by molar-refractivity contribution is 7.17. The van der Waals surface area contributed by atoms with E-state index in [2.05, 4.69) is 15.6 Å². The molecule has 3 atom stereocenters. The maximum absolute atomic E-state index is 12.3. The van der Waals surface area contributed by atoms with Crippen molar-refractivity contribution in [1.29, 1.82) is 0 Å². The van der Waals surface area contributed by atoms with Gasteiger partial charge in [0, 0.05) is 24.8 Å². The molecular formula is C14H15N3OS. The molecule has 19 heavy (non-hydrogen) atoms. The number of amides is 1. The van der Waals surface area contributed by atoms with Crippen LogP contribution >= 0.6 is 11.3 Å². The third-order valence-electron chi connectivity index (χ3n) is 4.24. The number of hydrogen-bond acceptors (Lipinski definition) is 4. The summed E-state index contributed by atoms with van der Waals surface area (Å²) in [6, 6.07) is 4.85. The van der Waals surface area contributed by atoms with E-state index < -0.39 is 0 Å². The van der Waals surface area contributed by atoms with Crippen molar-refractivity contribution in [3.63, 3.8) is 0 Å². The van der Waals surface area contributed by atoms with Gasteiger partial charge >= 0.3 is 0 Å². The number of carbonyl (C=O) groups excluding carboxylic acids is 1. The molecule has 1 aliphatic heterocycles. The van der Waals surface area contributed by atoms with Crippen LogP contribution in [0.2, 0.25) is 0 Å². The van der Waals surface area contributed by atoms with E-state index in [0.717, 1.165) is 23.2 Å². The van der Waals surface area contributed by atoms with E-state index in [0.29, 0.717) is 23.6 Å². The molecule has 4 nitrogen and oxygen atoms in total. The van der Waals surface area contributed by atoms with Crippen molar-refractivity contribution < 1.29 is 4.79 Å². The van der Waals surface area contributed by atoms with Crippen molar-refractivity contribution in [3.8, 4) is 0 Å². The van der Waals surface area contributed by atoms with Crippen molar-refractivity contribution in [3.05, 3.63) is 29.3 Å². The van der Waals surface area contributed by atoms with Gasteiger partial charge in [0.2, 0.25) is 0 Å². The predicted octanol–water partition coefficient (Wildman–Crippen LogP) is 1.78. The van der Waals surface area contributed by atoms with Gasteiger partial charge in [0.1, 0.15) is 0 Å². The number of nitrogens with zero attached hydrogens (tertiary/aromatic N) is 1. The molecule has 0 spiro atoms. The van der Waals surface area contributed by atoms with Crippen LogP contribution in [0.3, 0.4) is 0 Å². The zero-order chi connectivity index (χ0) is 12.8. The monoisotopic (exact) mass is 273 g/mol. The average molecular weight is 273 g/mol. The van der Waals surface area contributed by atoms with Crippen molar-refractivity contribution in [2.24, 2.45) is 5.92 Å². The molecule has 98 valence electrons. The van der Waals surface area contributed by atoms with Gasteiger partial charge in [-0.2, -0.15) is 0 Å². The number of piperidine rings is 1. The summed E-state index contributed by atoms with van der Waals surface area (Å²) < 4.78 is 1.07. The fourth-order valence-corrected chi connectivity index (χ4v) is 4.01. The normalized spacial score (nSPS) is 28.9. The van der Waals surface area contributed by atoms with Gasteiger partial charge in [-0.05, 0) is 36.3 Å². The van der Waals surface area contributed by atoms with Crippen molar-refractivity contribution in [1.82, 2.24) is 15.6 Å². The van der Waals surface area contributed by atoms with E-state index in [1.807, 2.05) is 17.5 Å². The second-order valence-corrected chi connectivity index (χ2v) is 6.39. The molecule has 1 aliphatic carbocycles. The highest BCUT2D eigenvalue weighted by Gasteiger charge is 2.40. The topological polar surface area (TPSA) is 54.0 Å². The van der Waals surface area contributed by atoms with Crippen molar-refractivity contribution in [2.75, 3.05) is 6.54 Å². The fourth-order valence-electron chi connectivity index (χ4n) is 3.23. The quantitative estimate of drug-likeness (QED) is 0.877. The number of fused-ring (bicyclic) bond motifs is 3. The minimum atomic E-state index is 0.0142. The third-order valence-corrected chi connectivity index (χ3v) is 5.10. The molecule has 2 bridgehead atoms. The predicted molar refractivity (Wildman–Crippen MR) is 75.4 cm³/mol. The Balaban J connectivity index is 1.53. The van der Waals surface area contributed by atoms with Gasteiger partial charge in [0.15, 0.2) is 0 Å². The van der Waals surface area contributed by atoms with E-state index in [9.17, 15) is 4.79 Å². The summed E-state index contributed by atoms with van der Waals surface area (Å²) in [6.07, 6.45) is 3.94. The maximum atomic E-state index is 12.3. The van der Waals surface area contributed by atoms with Crippen LogP contribution in [0.1, 0.15) is 23.2 Å². The van der Waals surface area contributed by atoms with E-state index in [4.69, 9.17) is 0 Å². The summed E-state index contributed by atoms with van der Waals surface area (Å²) in [4.78, 5) is 16.6. The summed E-state index contributed by atoms with van der Waals surface area (Å²) in [5.41, 5.74) is 1.64. The van der Waals surface area contributed by atoms with Crippen LogP contribution in [0.5, 0.6) is 0 Å². The molecule has 2 aliphatic rings. The molecule has 0 aromatic carbocycles. The molecule has 1 saturated carbocycles. The molecule has 3 heterocycles. The van der Waals surface area contributed by atoms with Gasteiger partial charge < -0.3 is 10.6 Å². The summed E-state index contributed by atoms with van der Waals surface area (Å²) in [5.74, 6) is 0.618. The molecule has 1 saturated heterocycles. The molecule has 0 radical (unpaired) electrons. The Hall–Kier alpha value is -1.46. The Bertz CT molecular complexity index is 638. The number of thiophene rings is 1. The van der Waals surface area contributed by atoms with Crippen LogP contribution in [-0.2, 0) is 0 Å². The summed E-state index contributed by atoms with van der Waals surface area (Å²) in [5, 5.41) is 8.63. The first-order valence-corrected chi connectivity index (χ1v) is 7.55. The van der Waals surface area contributed by atoms with E-state index in [1.54, 1.807) is 17.5 Å². The number of pyridine rings is 1. The van der Waals surface area contributed by atoms with Crippen LogP contribution < -0.4 is 10.6 Å². The van der Waals surface area contributed by atoms with Gasteiger partial charge in [-0.3, -0.25) is 9.78 Å². The molecule has 5 heteroatoms. The molecular weight excluding hydrogens is 258 g/mol. The second-order valence-electron chi connectivity index (χ2n) is 5.44. The van der Waals surface area contributed by atoms with Crippen LogP contribution in [0, 0.1) is 5.92 Å². The highest BCUT2D eigenvalue weighted by atomic mass is 32.1. The number of aromatic nitrogens is 1. The largest absolute Gasteiger partial charge is 0.349 e. The molecule has 2 aromatic heterocycles. The first-order chi connectivity index (χ1) is 9.29. The standard InChI is InChI=1S/C14H15N3OS/c18-14(17-12-5-10-3-8(12)6-15-10)9-4-13-11(16-7-9)1-2-19-13/h1-2,4,7-8,10,12,15H,3,5-6H2,(H,17,18). The lowest BCUT2D eigenvalue weighted by molar-refractivity contribution is 0.0925. The van der Waals surface area contributed by atoms with Gasteiger partial charge in [0.25, 0.3) is 5.91 Å². The minimum Gasteiger partial charge on any atom is -0.349 e. The Labute approximate surface area is 115 Å². The Morgan fingerprint density at radius 1 is 1.47 bits per heavy atom. The molecule has 4 rings (SSSR count). The summed E-state index contributed by atoms with van der Waals surface area (Å²) >= 11 is 1.62. The molecule has 3 unspecified atom stereocenters. The number of rotatable bonds is 2. The fraction of sp³-hybridized carbons (Fsp3) is 0.429. The highest BCUT2D eigenvalue weighted by Crippen LogP contribution is 2.31. The Morgan fingerprint density at radius 2 is 2.42 bits per heavy atom. The minimum absolute atomic E-state index is 0.0142. The Morgan fingerprint density at radius 3 is 3.21 bits per heavy atom. The van der Waals surface area contributed by atoms with Crippen LogP contribution in [0.25, 0.3) is 10.2 Å². The van der Waals surface area contributed by atoms with E-state index in [1.165, 1.54) is 6.42 Å². The zero-order valence-corrected chi connectivity index (χ0v) is 11.2. The van der Waals surface area contributed by atoms with E-state index >= 15 is 0 Å². The molecule has 2 aromatic rings. The number of nitrogens with one attached hydrogen (secondary N) is 2. The van der Waals surface area contributed by atoms with Crippen LogP contribution in [-0.4, -0.2) is 29.5 Å². The molecule has 1 amide bonds. The van der Waals surface area contributed by atoms with Gasteiger partial charge in [-0.1, -0.05) is 0 Å². The smallest absolute Gasteiger partial charge is 0.253 e. The average Bonchev–Trinajstić information content (AvgIpc) is 3.13. The lowest BCUT2D eigenvalue weighted by Crippen LogP contribution is -2.44. The van der Waals surface area contributed by atoms with Gasteiger partial charge in [-0.15, -0.1) is 11.3 Å². The van der Waals surface area contributed by atoms with Gasteiger partial charge in [0.05, 0.1) is 15.8 Å². The van der Waals surface area contributed by atoms with Crippen LogP contribution in [0.4, 0.5) is 0 Å². The van der Waals surface area contributed by atoms with Gasteiger partial charge in [-0.25, -0.2) is 0 Å². The molecule has 2 fully saturated rings. The zero-order valence-electron chi connectivity index (χ0n) is 10.4. The second kappa shape index (κ2) is 4.28. The van der Waals surface area contributed by atoms with Crippen molar-refractivity contribution in [2.45, 2.75) is 24.9 Å². The first-order valence-electron chi connectivity index (χ1n) is 6.67. The number of carbonyl (C=O) groups is 1. The summed E-state index contributed by atoms with van der Waals surface area (Å²) in [6.45, 7) is 1.04. The summed E-state index contributed by atoms with van der Waals surface area (Å²) in [7, 11) is 0. The third kappa shape index (κ3) is 1.93. The maximum Gasteiger partial charge on any atom is 0.253 e. The SMILES string of the molecule is O=C(NC1CC2CC1CN2)c1cnc2ccsc2c1. The molecule has 2 N–H and O–H groups in total. The van der Waals surface area contributed by atoms with E-state index in [-0.39, 0.29) is 5.91 Å². The number of hydrogen-bond donors (Lipinski definition) is 2. The lowest BCUT2D eigenvalue weighted by atomic mass is 10.0. The first kappa shape index (κ1) is 11.4. The Kier molecular flexibility index (Phi) is 2.56. The lowest BCUT2D eigenvalue weighted by Gasteiger charge is -2.23.